The Kier molecular flexibility index (Phi) is 8.54. The molecule has 2 aliphatic heterocycles. The first-order valence-corrected chi connectivity index (χ1v) is 17.5. The van der Waals surface area contributed by atoms with Gasteiger partial charge in [0.1, 0.15) is 12.4 Å². The molecule has 2 heterocycles. The Morgan fingerprint density at radius 2 is 1.62 bits per heavy atom. The van der Waals surface area contributed by atoms with Gasteiger partial charge in [-0.1, -0.05) is 41.5 Å². The number of imide groups is 1. The van der Waals surface area contributed by atoms with Gasteiger partial charge in [-0.15, -0.1) is 0 Å². The lowest BCUT2D eigenvalue weighted by atomic mass is 9.83. The van der Waals surface area contributed by atoms with Crippen molar-refractivity contribution in [3.05, 3.63) is 35.6 Å². The smallest absolute Gasteiger partial charge is 0.416 e. The predicted molar refractivity (Wildman–Crippen MR) is 150 cm³/mol. The third kappa shape index (κ3) is 5.13. The molecule has 0 bridgehead atoms. The van der Waals surface area contributed by atoms with Crippen LogP contribution in [0, 0.1) is 5.92 Å². The van der Waals surface area contributed by atoms with E-state index < -0.39 is 36.4 Å². The first-order chi connectivity index (χ1) is 18.4. The van der Waals surface area contributed by atoms with Crippen LogP contribution in [0.1, 0.15) is 60.8 Å². The molecule has 2 amide bonds. The second-order valence-electron chi connectivity index (χ2n) is 11.6. The standard InChI is InChI=1S/C28H42N2O7SSi/c1-18(2)39(19(3)4,20(5)6)37-25-13-12-24(27(31)29-16-17-36-28(29)32)26-23(25)14-15-30(26)38(33,34)22-10-8-21(35-7)9-11-22/h8-11,18-20,24,26H,12-17H2,1-7H3/t24-,26-/m1/s1. The Morgan fingerprint density at radius 1 is 1.00 bits per heavy atom. The highest BCUT2D eigenvalue weighted by atomic mass is 32.2. The average Bonchev–Trinajstić information content (AvgIpc) is 3.53. The monoisotopic (exact) mass is 578 g/mol. The molecule has 0 N–H and O–H groups in total. The zero-order valence-electron chi connectivity index (χ0n) is 24.1. The summed E-state index contributed by atoms with van der Waals surface area (Å²) in [5.41, 5.74) is 1.93. The summed E-state index contributed by atoms with van der Waals surface area (Å²) in [6.07, 6.45) is 0.769. The summed E-state index contributed by atoms with van der Waals surface area (Å²) < 4.78 is 46.7. The van der Waals surface area contributed by atoms with E-state index in [0.29, 0.717) is 41.6 Å². The maximum absolute atomic E-state index is 14.0. The molecule has 3 aliphatic rings. The van der Waals surface area contributed by atoms with Crippen molar-refractivity contribution in [2.24, 2.45) is 5.92 Å². The van der Waals surface area contributed by atoms with Crippen LogP contribution < -0.4 is 4.74 Å². The molecule has 0 unspecified atom stereocenters. The third-order valence-corrected chi connectivity index (χ3v) is 16.6. The number of carbonyl (C=O) groups excluding carboxylic acids is 2. The van der Waals surface area contributed by atoms with E-state index in [-0.39, 0.29) is 30.5 Å². The van der Waals surface area contributed by atoms with Crippen molar-refractivity contribution in [3.63, 3.8) is 0 Å². The molecule has 2 saturated heterocycles. The van der Waals surface area contributed by atoms with Crippen molar-refractivity contribution < 1.29 is 31.9 Å². The lowest BCUT2D eigenvalue weighted by molar-refractivity contribution is -0.133. The number of methoxy groups -OCH3 is 1. The van der Waals surface area contributed by atoms with Crippen molar-refractivity contribution in [1.29, 1.82) is 0 Å². The predicted octanol–water partition coefficient (Wildman–Crippen LogP) is 5.29. The Morgan fingerprint density at radius 3 is 2.13 bits per heavy atom. The SMILES string of the molecule is COc1ccc(S(=O)(=O)N2CCC3=C(O[Si](C(C)C)(C(C)C)C(C)C)CC[C@@H](C(=O)N4CCOC4=O)[C@@H]32)cc1. The van der Waals surface area contributed by atoms with Crippen LogP contribution in [-0.4, -0.2) is 70.8 Å². The van der Waals surface area contributed by atoms with Crippen molar-refractivity contribution in [3.8, 4) is 5.75 Å². The molecular formula is C28H42N2O7SSi. The van der Waals surface area contributed by atoms with Crippen LogP contribution in [0.5, 0.6) is 5.75 Å². The zero-order valence-corrected chi connectivity index (χ0v) is 25.9. The first-order valence-electron chi connectivity index (χ1n) is 13.9. The summed E-state index contributed by atoms with van der Waals surface area (Å²) in [7, 11) is -4.73. The number of allylic oxidation sites excluding steroid dienone is 1. The molecule has 1 aromatic carbocycles. The maximum Gasteiger partial charge on any atom is 0.416 e. The van der Waals surface area contributed by atoms with Gasteiger partial charge in [0.15, 0.2) is 0 Å². The van der Waals surface area contributed by atoms with Gasteiger partial charge in [-0.25, -0.2) is 18.1 Å². The molecule has 216 valence electrons. The molecule has 2 fully saturated rings. The minimum absolute atomic E-state index is 0.139. The van der Waals surface area contributed by atoms with Crippen molar-refractivity contribution in [2.45, 2.75) is 88.4 Å². The van der Waals surface area contributed by atoms with E-state index >= 15 is 0 Å². The number of amides is 2. The molecule has 0 spiro atoms. The van der Waals surface area contributed by atoms with Gasteiger partial charge in [0, 0.05) is 13.0 Å². The van der Waals surface area contributed by atoms with Crippen molar-refractivity contribution in [2.75, 3.05) is 26.8 Å². The molecule has 0 radical (unpaired) electrons. The third-order valence-electron chi connectivity index (χ3n) is 8.71. The second-order valence-corrected chi connectivity index (χ2v) is 18.9. The molecule has 0 aromatic heterocycles. The highest BCUT2D eigenvalue weighted by molar-refractivity contribution is 7.89. The molecule has 1 aliphatic carbocycles. The van der Waals surface area contributed by atoms with Crippen LogP contribution in [0.2, 0.25) is 16.6 Å². The Balaban J connectivity index is 1.79. The van der Waals surface area contributed by atoms with Crippen LogP contribution >= 0.6 is 0 Å². The fourth-order valence-electron chi connectivity index (χ4n) is 6.93. The maximum atomic E-state index is 14.0. The van der Waals surface area contributed by atoms with E-state index in [2.05, 4.69) is 41.5 Å². The topological polar surface area (TPSA) is 102 Å². The highest BCUT2D eigenvalue weighted by Crippen LogP contribution is 2.49. The van der Waals surface area contributed by atoms with Crippen LogP contribution in [0.3, 0.4) is 0 Å². The van der Waals surface area contributed by atoms with Gasteiger partial charge in [0.25, 0.3) is 8.32 Å². The summed E-state index contributed by atoms with van der Waals surface area (Å²) in [5.74, 6) is 0.336. The molecule has 39 heavy (non-hydrogen) atoms. The zero-order chi connectivity index (χ0) is 28.7. The summed E-state index contributed by atoms with van der Waals surface area (Å²) in [6, 6.07) is 5.58. The number of rotatable bonds is 9. The van der Waals surface area contributed by atoms with Gasteiger partial charge >= 0.3 is 6.09 Å². The Bertz CT molecular complexity index is 1210. The van der Waals surface area contributed by atoms with E-state index in [1.165, 1.54) is 23.5 Å². The number of ether oxygens (including phenoxy) is 2. The van der Waals surface area contributed by atoms with Crippen LogP contribution in [0.15, 0.2) is 40.5 Å². The number of benzene rings is 1. The normalized spacial score (nSPS) is 22.6. The molecule has 11 heteroatoms. The number of fused-ring (bicyclic) bond motifs is 1. The highest BCUT2D eigenvalue weighted by Gasteiger charge is 2.53. The molecule has 2 atom stereocenters. The number of nitrogens with zero attached hydrogens (tertiary/aromatic N) is 2. The number of hydrogen-bond acceptors (Lipinski definition) is 7. The molecule has 4 rings (SSSR count). The summed E-state index contributed by atoms with van der Waals surface area (Å²) in [5, 5.41) is 0. The number of carbonyl (C=O) groups is 2. The van der Waals surface area contributed by atoms with Crippen LogP contribution in [0.4, 0.5) is 4.79 Å². The quantitative estimate of drug-likeness (QED) is 0.367. The minimum atomic E-state index is -3.94. The van der Waals surface area contributed by atoms with E-state index in [4.69, 9.17) is 13.9 Å². The molecule has 1 aromatic rings. The summed E-state index contributed by atoms with van der Waals surface area (Å²) in [4.78, 5) is 27.3. The average molecular weight is 579 g/mol. The second kappa shape index (κ2) is 11.2. The summed E-state index contributed by atoms with van der Waals surface area (Å²) in [6.45, 7) is 13.9. The fraction of sp³-hybridized carbons (Fsp3) is 0.643. The molecule has 0 saturated carbocycles. The van der Waals surface area contributed by atoms with Crippen LogP contribution in [0.25, 0.3) is 0 Å². The van der Waals surface area contributed by atoms with Gasteiger partial charge in [-0.05, 0) is 59.3 Å². The van der Waals surface area contributed by atoms with Crippen LogP contribution in [-0.2, 0) is 24.0 Å². The lowest BCUT2D eigenvalue weighted by Crippen LogP contribution is -2.51. The van der Waals surface area contributed by atoms with Gasteiger partial charge in [0.2, 0.25) is 15.9 Å². The molecular weight excluding hydrogens is 536 g/mol. The number of hydrogen-bond donors (Lipinski definition) is 0. The Labute approximate surface area is 233 Å². The number of sulfonamides is 1. The van der Waals surface area contributed by atoms with E-state index in [9.17, 15) is 18.0 Å². The lowest BCUT2D eigenvalue weighted by Gasteiger charge is -2.45. The minimum Gasteiger partial charge on any atom is -0.546 e. The fourth-order valence-corrected chi connectivity index (χ4v) is 14.0. The van der Waals surface area contributed by atoms with Gasteiger partial charge in [-0.3, -0.25) is 4.79 Å². The van der Waals surface area contributed by atoms with Crippen molar-refractivity contribution >= 4 is 30.3 Å². The van der Waals surface area contributed by atoms with Gasteiger partial charge in [0.05, 0.1) is 36.3 Å². The van der Waals surface area contributed by atoms with E-state index in [1.807, 2.05) is 0 Å². The first kappa shape index (κ1) is 29.6. The van der Waals surface area contributed by atoms with Gasteiger partial charge < -0.3 is 13.9 Å². The Hall–Kier alpha value is -2.37. The van der Waals surface area contributed by atoms with E-state index in [0.717, 1.165) is 16.2 Å². The largest absolute Gasteiger partial charge is 0.546 e. The van der Waals surface area contributed by atoms with Crippen molar-refractivity contribution in [1.82, 2.24) is 9.21 Å². The molecule has 9 nitrogen and oxygen atoms in total. The van der Waals surface area contributed by atoms with E-state index in [1.54, 1.807) is 12.1 Å². The van der Waals surface area contributed by atoms with Gasteiger partial charge in [-0.2, -0.15) is 4.31 Å². The summed E-state index contributed by atoms with van der Waals surface area (Å²) >= 11 is 0. The number of cyclic esters (lactones) is 1.